The molecule has 5 rings (SSSR count). The van der Waals surface area contributed by atoms with Gasteiger partial charge in [-0.15, -0.1) is 11.3 Å². The number of halogens is 1. The van der Waals surface area contributed by atoms with E-state index in [-0.39, 0.29) is 11.7 Å². The molecule has 0 aliphatic carbocycles. The van der Waals surface area contributed by atoms with Gasteiger partial charge >= 0.3 is 0 Å². The number of benzene rings is 2. The van der Waals surface area contributed by atoms with Crippen LogP contribution in [0.3, 0.4) is 0 Å². The zero-order valence-corrected chi connectivity index (χ0v) is 21.0. The van der Waals surface area contributed by atoms with E-state index in [4.69, 9.17) is 4.98 Å². The summed E-state index contributed by atoms with van der Waals surface area (Å²) in [6.45, 7) is 8.23. The number of carbonyl (C=O) groups is 1. The number of likely N-dealkylation sites (N-methyl/N-ethyl adjacent to an activating group) is 1. The molecule has 184 valence electrons. The second-order valence-electron chi connectivity index (χ2n) is 9.44. The number of rotatable bonds is 6. The Hall–Kier alpha value is -2.81. The van der Waals surface area contributed by atoms with E-state index in [1.54, 1.807) is 23.5 Å². The maximum absolute atomic E-state index is 13.2. The maximum atomic E-state index is 13.2. The van der Waals surface area contributed by atoms with Gasteiger partial charge in [0.15, 0.2) is 0 Å². The van der Waals surface area contributed by atoms with Gasteiger partial charge in [0, 0.05) is 75.5 Å². The molecule has 3 heterocycles. The molecule has 0 N–H and O–H groups in total. The van der Waals surface area contributed by atoms with Gasteiger partial charge in [0.1, 0.15) is 10.8 Å². The van der Waals surface area contributed by atoms with Gasteiger partial charge in [0.05, 0.1) is 12.1 Å². The number of anilines is 1. The Bertz CT molecular complexity index is 1130. The topological polar surface area (TPSA) is 42.9 Å². The molecule has 0 bridgehead atoms. The van der Waals surface area contributed by atoms with Crippen molar-refractivity contribution in [2.75, 3.05) is 64.3 Å². The summed E-state index contributed by atoms with van der Waals surface area (Å²) >= 11 is 1.60. The van der Waals surface area contributed by atoms with E-state index in [1.807, 2.05) is 10.3 Å². The molecule has 2 aromatic carbocycles. The van der Waals surface area contributed by atoms with Crippen LogP contribution in [-0.2, 0) is 17.8 Å². The number of hydrogen-bond acceptors (Lipinski definition) is 6. The van der Waals surface area contributed by atoms with Crippen LogP contribution in [0.4, 0.5) is 10.1 Å². The summed E-state index contributed by atoms with van der Waals surface area (Å²) in [5.41, 5.74) is 4.25. The second kappa shape index (κ2) is 10.8. The third-order valence-electron chi connectivity index (χ3n) is 6.88. The summed E-state index contributed by atoms with van der Waals surface area (Å²) in [5, 5.41) is 2.98. The van der Waals surface area contributed by atoms with Crippen LogP contribution in [0.5, 0.6) is 0 Å². The molecule has 2 aliphatic heterocycles. The van der Waals surface area contributed by atoms with Crippen LogP contribution >= 0.6 is 11.3 Å². The molecule has 35 heavy (non-hydrogen) atoms. The lowest BCUT2D eigenvalue weighted by Gasteiger charge is -2.36. The molecule has 2 saturated heterocycles. The molecular formula is C27H32FN5OS. The largest absolute Gasteiger partial charge is 0.368 e. The number of nitrogens with zero attached hydrogens (tertiary/aromatic N) is 5. The van der Waals surface area contributed by atoms with E-state index < -0.39 is 0 Å². The molecule has 6 nitrogen and oxygen atoms in total. The van der Waals surface area contributed by atoms with Crippen LogP contribution < -0.4 is 4.90 Å². The highest BCUT2D eigenvalue weighted by molar-refractivity contribution is 7.13. The number of piperazine rings is 2. The molecular weight excluding hydrogens is 461 g/mol. The maximum Gasteiger partial charge on any atom is 0.228 e. The lowest BCUT2D eigenvalue weighted by atomic mass is 10.1. The first-order valence-corrected chi connectivity index (χ1v) is 13.1. The van der Waals surface area contributed by atoms with Crippen LogP contribution in [0.1, 0.15) is 11.3 Å². The molecule has 1 aromatic heterocycles. The SMILES string of the molecule is CN1CCN(Cc2cccc(-c3nc(CC(=O)N4CCN(c5ccc(F)cc5)CC4)cs3)c2)CC1. The minimum absolute atomic E-state index is 0.115. The van der Waals surface area contributed by atoms with Gasteiger partial charge in [0.2, 0.25) is 5.91 Å². The van der Waals surface area contributed by atoms with Gasteiger partial charge in [0.25, 0.3) is 0 Å². The fourth-order valence-electron chi connectivity index (χ4n) is 4.72. The summed E-state index contributed by atoms with van der Waals surface area (Å²) in [4.78, 5) is 26.7. The Morgan fingerprint density at radius 1 is 0.971 bits per heavy atom. The molecule has 2 aliphatic rings. The Morgan fingerprint density at radius 3 is 2.46 bits per heavy atom. The summed E-state index contributed by atoms with van der Waals surface area (Å²) < 4.78 is 13.2. The minimum atomic E-state index is -0.230. The molecule has 0 unspecified atom stereocenters. The minimum Gasteiger partial charge on any atom is -0.368 e. The van der Waals surface area contributed by atoms with Crippen LogP contribution in [0.15, 0.2) is 53.9 Å². The number of thiazole rings is 1. The van der Waals surface area contributed by atoms with Crippen LogP contribution in [-0.4, -0.2) is 85.0 Å². The van der Waals surface area contributed by atoms with E-state index in [0.29, 0.717) is 19.5 Å². The first kappa shape index (κ1) is 23.9. The summed E-state index contributed by atoms with van der Waals surface area (Å²) in [5.74, 6) is -0.114. The average molecular weight is 494 g/mol. The van der Waals surface area contributed by atoms with Gasteiger partial charge in [-0.25, -0.2) is 9.37 Å². The summed E-state index contributed by atoms with van der Waals surface area (Å²) in [6, 6.07) is 15.2. The third kappa shape index (κ3) is 6.07. The molecule has 2 fully saturated rings. The lowest BCUT2D eigenvalue weighted by Crippen LogP contribution is -2.49. The summed E-state index contributed by atoms with van der Waals surface area (Å²) in [7, 11) is 2.18. The molecule has 0 radical (unpaired) electrons. The van der Waals surface area contributed by atoms with E-state index >= 15 is 0 Å². The zero-order valence-electron chi connectivity index (χ0n) is 20.2. The van der Waals surface area contributed by atoms with Crippen molar-refractivity contribution in [1.82, 2.24) is 19.7 Å². The zero-order chi connectivity index (χ0) is 24.2. The Morgan fingerprint density at radius 2 is 1.71 bits per heavy atom. The van der Waals surface area contributed by atoms with E-state index in [1.165, 1.54) is 17.7 Å². The van der Waals surface area contributed by atoms with Crippen molar-refractivity contribution in [3.8, 4) is 10.6 Å². The Balaban J connectivity index is 1.15. The van der Waals surface area contributed by atoms with E-state index in [0.717, 1.165) is 67.8 Å². The van der Waals surface area contributed by atoms with Gasteiger partial charge < -0.3 is 14.7 Å². The van der Waals surface area contributed by atoms with Crippen LogP contribution in [0.2, 0.25) is 0 Å². The van der Waals surface area contributed by atoms with Crippen LogP contribution in [0.25, 0.3) is 10.6 Å². The molecule has 3 aromatic rings. The van der Waals surface area contributed by atoms with Gasteiger partial charge in [-0.2, -0.15) is 0 Å². The third-order valence-corrected chi connectivity index (χ3v) is 7.82. The number of hydrogen-bond donors (Lipinski definition) is 0. The average Bonchev–Trinajstić information content (AvgIpc) is 3.35. The smallest absolute Gasteiger partial charge is 0.228 e. The first-order valence-electron chi connectivity index (χ1n) is 12.3. The highest BCUT2D eigenvalue weighted by atomic mass is 32.1. The molecule has 1 amide bonds. The fourth-order valence-corrected chi connectivity index (χ4v) is 5.54. The summed E-state index contributed by atoms with van der Waals surface area (Å²) in [6.07, 6.45) is 0.327. The predicted molar refractivity (Wildman–Crippen MR) is 139 cm³/mol. The van der Waals surface area contributed by atoms with Crippen molar-refractivity contribution >= 4 is 22.9 Å². The van der Waals surface area contributed by atoms with E-state index in [9.17, 15) is 9.18 Å². The highest BCUT2D eigenvalue weighted by Crippen LogP contribution is 2.26. The fraction of sp³-hybridized carbons (Fsp3) is 0.407. The van der Waals surface area contributed by atoms with Crippen molar-refractivity contribution < 1.29 is 9.18 Å². The van der Waals surface area contributed by atoms with E-state index in [2.05, 4.69) is 46.0 Å². The monoisotopic (exact) mass is 493 g/mol. The lowest BCUT2D eigenvalue weighted by molar-refractivity contribution is -0.130. The van der Waals surface area contributed by atoms with Gasteiger partial charge in [-0.05, 0) is 42.9 Å². The van der Waals surface area contributed by atoms with Crippen molar-refractivity contribution in [1.29, 1.82) is 0 Å². The number of amides is 1. The van der Waals surface area contributed by atoms with Crippen molar-refractivity contribution in [2.24, 2.45) is 0 Å². The molecule has 0 atom stereocenters. The Labute approximate surface area is 210 Å². The van der Waals surface area contributed by atoms with Crippen molar-refractivity contribution in [2.45, 2.75) is 13.0 Å². The van der Waals surface area contributed by atoms with Crippen LogP contribution in [0, 0.1) is 5.82 Å². The first-order chi connectivity index (χ1) is 17.0. The standard InChI is InChI=1S/C27H32FN5OS/c1-30-9-11-31(12-10-30)19-21-3-2-4-22(17-21)27-29-24(20-35-27)18-26(34)33-15-13-32(14-16-33)25-7-5-23(28)6-8-25/h2-8,17,20H,9-16,18-19H2,1H3. The Kier molecular flexibility index (Phi) is 7.41. The molecule has 0 spiro atoms. The number of carbonyl (C=O) groups excluding carboxylic acids is 1. The van der Waals surface area contributed by atoms with Crippen molar-refractivity contribution in [3.05, 3.63) is 71.0 Å². The van der Waals surface area contributed by atoms with Gasteiger partial charge in [-0.1, -0.05) is 18.2 Å². The normalized spacial score (nSPS) is 17.7. The van der Waals surface area contributed by atoms with Crippen molar-refractivity contribution in [3.63, 3.8) is 0 Å². The molecule has 0 saturated carbocycles. The molecule has 8 heteroatoms. The number of aromatic nitrogens is 1. The second-order valence-corrected chi connectivity index (χ2v) is 10.3. The predicted octanol–water partition coefficient (Wildman–Crippen LogP) is 3.59. The van der Waals surface area contributed by atoms with Gasteiger partial charge in [-0.3, -0.25) is 9.69 Å². The highest BCUT2D eigenvalue weighted by Gasteiger charge is 2.22. The quantitative estimate of drug-likeness (QED) is 0.525.